The summed E-state index contributed by atoms with van der Waals surface area (Å²) in [5.74, 6) is -0.755. The maximum atomic E-state index is 12.1. The Hall–Kier alpha value is -2.82. The van der Waals surface area contributed by atoms with Crippen molar-refractivity contribution in [2.75, 3.05) is 11.4 Å². The number of carbonyl (C=O) groups excluding carboxylic acids is 2. The number of carbonyl (C=O) groups is 2. The number of para-hydroxylation sites is 1. The molecule has 0 bridgehead atoms. The fraction of sp³-hybridized carbons (Fsp3) is 0.125. The quantitative estimate of drug-likeness (QED) is 0.807. The molecule has 0 aliphatic carbocycles. The molecule has 21 heavy (non-hydrogen) atoms. The Morgan fingerprint density at radius 1 is 0.952 bits per heavy atom. The van der Waals surface area contributed by atoms with Crippen molar-refractivity contribution in [3.63, 3.8) is 0 Å². The first kappa shape index (κ1) is 14.6. The van der Waals surface area contributed by atoms with Crippen LogP contribution in [0.2, 0.25) is 0 Å². The van der Waals surface area contributed by atoms with Crippen LogP contribution in [0.25, 0.3) is 0 Å². The van der Waals surface area contributed by atoms with Crippen LogP contribution < -0.4 is 4.90 Å². The molecule has 0 saturated heterocycles. The Morgan fingerprint density at radius 3 is 2.10 bits per heavy atom. The molecule has 106 valence electrons. The van der Waals surface area contributed by atoms with E-state index in [1.165, 1.54) is 6.92 Å². The molecule has 0 aliphatic rings. The molecule has 2 rings (SSSR count). The van der Waals surface area contributed by atoms with Crippen molar-refractivity contribution in [3.8, 4) is 0 Å². The lowest BCUT2D eigenvalue weighted by Gasteiger charge is -2.17. The Labute approximate surface area is 122 Å². The Bertz CT molecular complexity index is 639. The summed E-state index contributed by atoms with van der Waals surface area (Å²) in [6.07, 6.45) is 0. The van der Waals surface area contributed by atoms with Crippen LogP contribution in [0.1, 0.15) is 6.92 Å². The molecule has 0 aliphatic heterocycles. The van der Waals surface area contributed by atoms with E-state index in [1.54, 1.807) is 36.4 Å². The first-order chi connectivity index (χ1) is 10.2. The second-order valence-electron chi connectivity index (χ2n) is 4.32. The van der Waals surface area contributed by atoms with Crippen LogP contribution in [0.3, 0.4) is 0 Å². The van der Waals surface area contributed by atoms with Gasteiger partial charge in [-0.05, 0) is 24.3 Å². The first-order valence-electron chi connectivity index (χ1n) is 6.49. The fourth-order valence-electron chi connectivity index (χ4n) is 1.82. The van der Waals surface area contributed by atoms with Gasteiger partial charge >= 0.3 is 0 Å². The van der Waals surface area contributed by atoms with Gasteiger partial charge in [0.25, 0.3) is 5.91 Å². The van der Waals surface area contributed by atoms with E-state index in [1.807, 2.05) is 24.3 Å². The monoisotopic (exact) mass is 281 g/mol. The van der Waals surface area contributed by atoms with Gasteiger partial charge in [0.1, 0.15) is 6.54 Å². The van der Waals surface area contributed by atoms with E-state index >= 15 is 0 Å². The fourth-order valence-corrected chi connectivity index (χ4v) is 1.82. The van der Waals surface area contributed by atoms with Gasteiger partial charge in [0.15, 0.2) is 0 Å². The summed E-state index contributed by atoms with van der Waals surface area (Å²) < 4.78 is 0. The highest BCUT2D eigenvalue weighted by molar-refractivity contribution is 6.14. The van der Waals surface area contributed by atoms with Crippen molar-refractivity contribution in [3.05, 3.63) is 60.7 Å². The van der Waals surface area contributed by atoms with Crippen LogP contribution in [0.4, 0.5) is 11.4 Å². The number of benzene rings is 2. The van der Waals surface area contributed by atoms with E-state index in [-0.39, 0.29) is 12.5 Å². The van der Waals surface area contributed by atoms with Gasteiger partial charge in [-0.25, -0.2) is 4.90 Å². The van der Waals surface area contributed by atoms with E-state index < -0.39 is 5.91 Å². The molecule has 2 aromatic carbocycles. The molecule has 0 saturated carbocycles. The van der Waals surface area contributed by atoms with Crippen LogP contribution in [-0.2, 0) is 9.59 Å². The third kappa shape index (κ3) is 4.07. The van der Waals surface area contributed by atoms with Crippen molar-refractivity contribution in [2.24, 2.45) is 10.2 Å². The van der Waals surface area contributed by atoms with Crippen molar-refractivity contribution in [1.29, 1.82) is 0 Å². The summed E-state index contributed by atoms with van der Waals surface area (Å²) in [6, 6.07) is 17.9. The molecule has 5 heteroatoms. The Kier molecular flexibility index (Phi) is 4.93. The minimum Gasteiger partial charge on any atom is -0.274 e. The zero-order valence-corrected chi connectivity index (χ0v) is 11.6. The van der Waals surface area contributed by atoms with Gasteiger partial charge < -0.3 is 0 Å². The lowest BCUT2D eigenvalue weighted by atomic mass is 10.3. The molecule has 0 atom stereocenters. The van der Waals surface area contributed by atoms with E-state index in [0.717, 1.165) is 4.90 Å². The molecule has 0 unspecified atom stereocenters. The highest BCUT2D eigenvalue weighted by atomic mass is 16.2. The summed E-state index contributed by atoms with van der Waals surface area (Å²) in [6.45, 7) is 1.17. The van der Waals surface area contributed by atoms with Crippen molar-refractivity contribution in [1.82, 2.24) is 0 Å². The van der Waals surface area contributed by atoms with Crippen LogP contribution >= 0.6 is 0 Å². The molecule has 0 N–H and O–H groups in total. The van der Waals surface area contributed by atoms with E-state index in [2.05, 4.69) is 10.2 Å². The van der Waals surface area contributed by atoms with Crippen LogP contribution in [0.15, 0.2) is 70.9 Å². The SMILES string of the molecule is CC(=O)N(C(=O)CN=Nc1ccccc1)c1ccccc1. The normalized spacial score (nSPS) is 10.5. The zero-order valence-electron chi connectivity index (χ0n) is 11.6. The minimum atomic E-state index is -0.409. The average Bonchev–Trinajstić information content (AvgIpc) is 2.49. The predicted octanol–water partition coefficient (Wildman–Crippen LogP) is 3.35. The van der Waals surface area contributed by atoms with Gasteiger partial charge in [0, 0.05) is 6.92 Å². The number of nitrogens with zero attached hydrogens (tertiary/aromatic N) is 3. The third-order valence-electron chi connectivity index (χ3n) is 2.73. The molecule has 0 radical (unpaired) electrons. The molecule has 0 aromatic heterocycles. The molecule has 0 heterocycles. The number of imide groups is 1. The largest absolute Gasteiger partial charge is 0.274 e. The van der Waals surface area contributed by atoms with Crippen molar-refractivity contribution in [2.45, 2.75) is 6.92 Å². The molecular formula is C16H15N3O2. The topological polar surface area (TPSA) is 62.1 Å². The zero-order chi connectivity index (χ0) is 15.1. The van der Waals surface area contributed by atoms with Gasteiger partial charge in [0.2, 0.25) is 5.91 Å². The predicted molar refractivity (Wildman–Crippen MR) is 80.4 cm³/mol. The Balaban J connectivity index is 2.07. The molecule has 2 aromatic rings. The van der Waals surface area contributed by atoms with E-state index in [0.29, 0.717) is 11.4 Å². The summed E-state index contributed by atoms with van der Waals surface area (Å²) in [4.78, 5) is 24.9. The van der Waals surface area contributed by atoms with Gasteiger partial charge in [-0.3, -0.25) is 9.59 Å². The van der Waals surface area contributed by atoms with Crippen LogP contribution in [0, 0.1) is 0 Å². The number of hydrogen-bond donors (Lipinski definition) is 0. The first-order valence-corrected chi connectivity index (χ1v) is 6.49. The number of hydrogen-bond acceptors (Lipinski definition) is 4. The van der Waals surface area contributed by atoms with Crippen LogP contribution in [0.5, 0.6) is 0 Å². The number of azo groups is 1. The van der Waals surface area contributed by atoms with Gasteiger partial charge in [0.05, 0.1) is 11.4 Å². The molecule has 5 nitrogen and oxygen atoms in total. The van der Waals surface area contributed by atoms with Gasteiger partial charge in [-0.15, -0.1) is 0 Å². The van der Waals surface area contributed by atoms with E-state index in [4.69, 9.17) is 0 Å². The lowest BCUT2D eigenvalue weighted by molar-refractivity contribution is -0.124. The maximum absolute atomic E-state index is 12.1. The highest BCUT2D eigenvalue weighted by Crippen LogP contribution is 2.14. The standard InChI is InChI=1S/C16H15N3O2/c1-13(20)19(15-10-6-3-7-11-15)16(21)12-17-18-14-8-4-2-5-9-14/h2-11H,12H2,1H3. The molecular weight excluding hydrogens is 266 g/mol. The van der Waals surface area contributed by atoms with Crippen molar-refractivity contribution < 1.29 is 9.59 Å². The average molecular weight is 281 g/mol. The van der Waals surface area contributed by atoms with Crippen molar-refractivity contribution >= 4 is 23.2 Å². The third-order valence-corrected chi connectivity index (χ3v) is 2.73. The second-order valence-corrected chi connectivity index (χ2v) is 4.32. The lowest BCUT2D eigenvalue weighted by Crippen LogP contribution is -2.36. The number of rotatable bonds is 4. The molecule has 2 amide bonds. The van der Waals surface area contributed by atoms with Crippen LogP contribution in [-0.4, -0.2) is 18.4 Å². The highest BCUT2D eigenvalue weighted by Gasteiger charge is 2.19. The summed E-state index contributed by atoms with van der Waals surface area (Å²) in [7, 11) is 0. The number of anilines is 1. The van der Waals surface area contributed by atoms with Gasteiger partial charge in [-0.1, -0.05) is 36.4 Å². The molecule has 0 fully saturated rings. The molecule has 0 spiro atoms. The van der Waals surface area contributed by atoms with Gasteiger partial charge in [-0.2, -0.15) is 10.2 Å². The summed E-state index contributed by atoms with van der Waals surface area (Å²) in [5.41, 5.74) is 1.20. The maximum Gasteiger partial charge on any atom is 0.257 e. The summed E-state index contributed by atoms with van der Waals surface area (Å²) >= 11 is 0. The Morgan fingerprint density at radius 2 is 1.52 bits per heavy atom. The second kappa shape index (κ2) is 7.09. The smallest absolute Gasteiger partial charge is 0.257 e. The van der Waals surface area contributed by atoms with E-state index in [9.17, 15) is 9.59 Å². The minimum absolute atomic E-state index is 0.177. The summed E-state index contributed by atoms with van der Waals surface area (Å²) in [5, 5.41) is 7.80. The number of amides is 2.